The molecule has 0 spiro atoms. The van der Waals surface area contributed by atoms with Gasteiger partial charge in [0.25, 0.3) is 5.91 Å². The van der Waals surface area contributed by atoms with E-state index in [1.54, 1.807) is 12.1 Å². The van der Waals surface area contributed by atoms with E-state index in [0.29, 0.717) is 17.6 Å². The molecule has 1 aromatic rings. The van der Waals surface area contributed by atoms with Crippen molar-refractivity contribution in [1.82, 2.24) is 15.5 Å². The number of aromatic nitrogens is 2. The van der Waals surface area contributed by atoms with E-state index in [0.717, 1.165) is 19.4 Å². The first-order chi connectivity index (χ1) is 8.29. The first kappa shape index (κ1) is 11.8. The van der Waals surface area contributed by atoms with E-state index < -0.39 is 0 Å². The Kier molecular flexibility index (Phi) is 3.90. The van der Waals surface area contributed by atoms with Crippen LogP contribution in [0.5, 0.6) is 0 Å². The van der Waals surface area contributed by atoms with Crippen LogP contribution in [0.4, 0.5) is 5.82 Å². The van der Waals surface area contributed by atoms with Crippen LogP contribution in [0.1, 0.15) is 43.1 Å². The predicted molar refractivity (Wildman–Crippen MR) is 65.9 cm³/mol. The van der Waals surface area contributed by atoms with Crippen LogP contribution in [0.3, 0.4) is 0 Å². The van der Waals surface area contributed by atoms with Gasteiger partial charge in [0.1, 0.15) is 5.82 Å². The molecule has 5 heteroatoms. The molecule has 0 unspecified atom stereocenters. The fourth-order valence-electron chi connectivity index (χ4n) is 2.06. The standard InChI is InChI=1S/C12H18N4O/c1-2-13-11-8-7-10(15-16-11)12(17)14-9-5-3-4-6-9/h7-9H,2-6H2,1H3,(H,13,16)(H,14,17). The first-order valence-electron chi connectivity index (χ1n) is 6.18. The van der Waals surface area contributed by atoms with Gasteiger partial charge in [0.15, 0.2) is 5.69 Å². The van der Waals surface area contributed by atoms with Gasteiger partial charge in [0.05, 0.1) is 0 Å². The number of anilines is 1. The third kappa shape index (κ3) is 3.15. The maximum atomic E-state index is 11.8. The summed E-state index contributed by atoms with van der Waals surface area (Å²) in [6.07, 6.45) is 4.56. The SMILES string of the molecule is CCNc1ccc(C(=O)NC2CCCC2)nn1. The third-order valence-corrected chi connectivity index (χ3v) is 2.95. The molecule has 0 aromatic carbocycles. The average Bonchev–Trinajstić information content (AvgIpc) is 2.83. The van der Waals surface area contributed by atoms with Crippen LogP contribution in [0, 0.1) is 0 Å². The maximum Gasteiger partial charge on any atom is 0.272 e. The largest absolute Gasteiger partial charge is 0.369 e. The van der Waals surface area contributed by atoms with Gasteiger partial charge in [-0.15, -0.1) is 10.2 Å². The second kappa shape index (κ2) is 5.61. The smallest absolute Gasteiger partial charge is 0.272 e. The van der Waals surface area contributed by atoms with E-state index in [1.807, 2.05) is 6.92 Å². The number of hydrogen-bond donors (Lipinski definition) is 2. The second-order valence-corrected chi connectivity index (χ2v) is 4.29. The molecule has 1 aliphatic carbocycles. The predicted octanol–water partition coefficient (Wildman–Crippen LogP) is 1.58. The van der Waals surface area contributed by atoms with Gasteiger partial charge in [-0.25, -0.2) is 0 Å². The molecule has 92 valence electrons. The number of amides is 1. The zero-order valence-corrected chi connectivity index (χ0v) is 10.1. The summed E-state index contributed by atoms with van der Waals surface area (Å²) in [5.74, 6) is 0.581. The summed E-state index contributed by atoms with van der Waals surface area (Å²) < 4.78 is 0. The van der Waals surface area contributed by atoms with Gasteiger partial charge < -0.3 is 10.6 Å². The van der Waals surface area contributed by atoms with E-state index >= 15 is 0 Å². The Morgan fingerprint density at radius 1 is 1.35 bits per heavy atom. The van der Waals surface area contributed by atoms with Gasteiger partial charge in [-0.2, -0.15) is 0 Å². The van der Waals surface area contributed by atoms with Crippen LogP contribution >= 0.6 is 0 Å². The van der Waals surface area contributed by atoms with Gasteiger partial charge in [-0.1, -0.05) is 12.8 Å². The van der Waals surface area contributed by atoms with Gasteiger partial charge in [-0.05, 0) is 31.9 Å². The molecule has 2 rings (SSSR count). The van der Waals surface area contributed by atoms with Crippen molar-refractivity contribution in [2.75, 3.05) is 11.9 Å². The molecule has 0 bridgehead atoms. The average molecular weight is 234 g/mol. The van der Waals surface area contributed by atoms with Gasteiger partial charge >= 0.3 is 0 Å². The monoisotopic (exact) mass is 234 g/mol. The van der Waals surface area contributed by atoms with Crippen molar-refractivity contribution in [3.63, 3.8) is 0 Å². The lowest BCUT2D eigenvalue weighted by Gasteiger charge is -2.11. The minimum atomic E-state index is -0.118. The lowest BCUT2D eigenvalue weighted by Crippen LogP contribution is -2.33. The quantitative estimate of drug-likeness (QED) is 0.830. The van der Waals surface area contributed by atoms with Gasteiger partial charge in [0, 0.05) is 12.6 Å². The minimum Gasteiger partial charge on any atom is -0.369 e. The lowest BCUT2D eigenvalue weighted by atomic mass is 10.2. The summed E-state index contributed by atoms with van der Waals surface area (Å²) in [5.41, 5.74) is 0.388. The van der Waals surface area contributed by atoms with Crippen LogP contribution < -0.4 is 10.6 Å². The molecule has 0 radical (unpaired) electrons. The van der Waals surface area contributed by atoms with E-state index in [2.05, 4.69) is 20.8 Å². The Labute approximate surface area is 101 Å². The molecule has 1 saturated carbocycles. The minimum absolute atomic E-state index is 0.118. The van der Waals surface area contributed by atoms with E-state index in [9.17, 15) is 4.79 Å². The molecule has 0 saturated heterocycles. The second-order valence-electron chi connectivity index (χ2n) is 4.29. The first-order valence-corrected chi connectivity index (χ1v) is 6.18. The Morgan fingerprint density at radius 2 is 2.12 bits per heavy atom. The zero-order chi connectivity index (χ0) is 12.1. The third-order valence-electron chi connectivity index (χ3n) is 2.95. The molecule has 1 fully saturated rings. The highest BCUT2D eigenvalue weighted by Gasteiger charge is 2.18. The number of hydrogen-bond acceptors (Lipinski definition) is 4. The lowest BCUT2D eigenvalue weighted by molar-refractivity contribution is 0.0932. The Hall–Kier alpha value is -1.65. The van der Waals surface area contributed by atoms with Gasteiger partial charge in [0.2, 0.25) is 0 Å². The summed E-state index contributed by atoms with van der Waals surface area (Å²) in [4.78, 5) is 11.8. The van der Waals surface area contributed by atoms with Crippen LogP contribution in [-0.4, -0.2) is 28.7 Å². The van der Waals surface area contributed by atoms with Crippen molar-refractivity contribution in [3.05, 3.63) is 17.8 Å². The van der Waals surface area contributed by atoms with Crippen molar-refractivity contribution < 1.29 is 4.79 Å². The van der Waals surface area contributed by atoms with E-state index in [4.69, 9.17) is 0 Å². The van der Waals surface area contributed by atoms with Crippen molar-refractivity contribution >= 4 is 11.7 Å². The zero-order valence-electron chi connectivity index (χ0n) is 10.1. The number of nitrogens with one attached hydrogen (secondary N) is 2. The van der Waals surface area contributed by atoms with E-state index in [1.165, 1.54) is 12.8 Å². The molecule has 1 aliphatic rings. The molecule has 1 aromatic heterocycles. The fourth-order valence-corrected chi connectivity index (χ4v) is 2.06. The van der Waals surface area contributed by atoms with Crippen LogP contribution in [-0.2, 0) is 0 Å². The van der Waals surface area contributed by atoms with E-state index in [-0.39, 0.29) is 5.91 Å². The van der Waals surface area contributed by atoms with Crippen molar-refractivity contribution in [3.8, 4) is 0 Å². The van der Waals surface area contributed by atoms with Crippen molar-refractivity contribution in [2.45, 2.75) is 38.6 Å². The molecule has 0 aliphatic heterocycles. The Bertz CT molecular complexity index is 371. The van der Waals surface area contributed by atoms with Crippen LogP contribution in [0.2, 0.25) is 0 Å². The summed E-state index contributed by atoms with van der Waals surface area (Å²) in [6.45, 7) is 2.78. The maximum absolute atomic E-state index is 11.8. The number of nitrogens with zero attached hydrogens (tertiary/aromatic N) is 2. The molecule has 2 N–H and O–H groups in total. The fraction of sp³-hybridized carbons (Fsp3) is 0.583. The highest BCUT2D eigenvalue weighted by Crippen LogP contribution is 2.17. The summed E-state index contributed by atoms with van der Waals surface area (Å²) in [6, 6.07) is 3.80. The molecule has 17 heavy (non-hydrogen) atoms. The van der Waals surface area contributed by atoms with Crippen LogP contribution in [0.25, 0.3) is 0 Å². The topological polar surface area (TPSA) is 66.9 Å². The molecular weight excluding hydrogens is 216 g/mol. The summed E-state index contributed by atoms with van der Waals surface area (Å²) in [5, 5.41) is 13.9. The van der Waals surface area contributed by atoms with Crippen LogP contribution in [0.15, 0.2) is 12.1 Å². The Morgan fingerprint density at radius 3 is 2.71 bits per heavy atom. The van der Waals surface area contributed by atoms with Crippen molar-refractivity contribution in [1.29, 1.82) is 0 Å². The molecule has 5 nitrogen and oxygen atoms in total. The number of rotatable bonds is 4. The molecular formula is C12H18N4O. The Balaban J connectivity index is 1.93. The van der Waals surface area contributed by atoms with Gasteiger partial charge in [-0.3, -0.25) is 4.79 Å². The molecule has 1 amide bonds. The molecule has 1 heterocycles. The van der Waals surface area contributed by atoms with Crippen molar-refractivity contribution in [2.24, 2.45) is 0 Å². The normalized spacial score (nSPS) is 15.8. The molecule has 0 atom stereocenters. The summed E-state index contributed by atoms with van der Waals surface area (Å²) >= 11 is 0. The number of carbonyl (C=O) groups excluding carboxylic acids is 1. The summed E-state index contributed by atoms with van der Waals surface area (Å²) in [7, 11) is 0. The highest BCUT2D eigenvalue weighted by atomic mass is 16.2. The highest BCUT2D eigenvalue weighted by molar-refractivity contribution is 5.92. The number of carbonyl (C=O) groups is 1.